The Morgan fingerprint density at radius 3 is 2.20 bits per heavy atom. The molecule has 1 fully saturated rings. The zero-order chi connectivity index (χ0) is 14.5. The fourth-order valence-corrected chi connectivity index (χ4v) is 4.54. The van der Waals surface area contributed by atoms with Gasteiger partial charge < -0.3 is 5.73 Å². The van der Waals surface area contributed by atoms with Crippen LogP contribution in [0, 0.1) is 0 Å². The molecule has 2 N–H and O–H groups in total. The molecule has 0 aromatic heterocycles. The smallest absolute Gasteiger partial charge is 0.0431 e. The number of rotatable bonds is 5. The Bertz CT molecular complexity index is 435. The zero-order valence-electron chi connectivity index (χ0n) is 12.7. The van der Waals surface area contributed by atoms with Crippen LogP contribution in [0.2, 0.25) is 0 Å². The second-order valence-electron chi connectivity index (χ2n) is 6.24. The van der Waals surface area contributed by atoms with Crippen LogP contribution in [0.15, 0.2) is 24.3 Å². The Kier molecular flexibility index (Phi) is 5.79. The molecule has 112 valence electrons. The molecule has 0 heterocycles. The Morgan fingerprint density at radius 1 is 1.10 bits per heavy atom. The van der Waals surface area contributed by atoms with Crippen LogP contribution in [-0.2, 0) is 10.8 Å². The van der Waals surface area contributed by atoms with Gasteiger partial charge in [0.05, 0.1) is 0 Å². The minimum atomic E-state index is -0.776. The summed E-state index contributed by atoms with van der Waals surface area (Å²) < 4.78 is 12.4. The second-order valence-corrected chi connectivity index (χ2v) is 8.00. The molecule has 1 aromatic carbocycles. The summed E-state index contributed by atoms with van der Waals surface area (Å²) in [5.41, 5.74) is 8.67. The molecule has 2 rings (SSSR count). The summed E-state index contributed by atoms with van der Waals surface area (Å²) >= 11 is 0. The predicted octanol–water partition coefficient (Wildman–Crippen LogP) is 3.89. The van der Waals surface area contributed by atoms with E-state index in [9.17, 15) is 4.21 Å². The van der Waals surface area contributed by atoms with Gasteiger partial charge in [0.1, 0.15) is 0 Å². The Labute approximate surface area is 125 Å². The van der Waals surface area contributed by atoms with E-state index in [1.807, 2.05) is 0 Å². The summed E-state index contributed by atoms with van der Waals surface area (Å²) in [5, 5.41) is 0.379. The predicted molar refractivity (Wildman–Crippen MR) is 87.3 cm³/mol. The van der Waals surface area contributed by atoms with E-state index in [-0.39, 0.29) is 6.04 Å². The van der Waals surface area contributed by atoms with E-state index >= 15 is 0 Å². The molecule has 0 saturated heterocycles. The van der Waals surface area contributed by atoms with Gasteiger partial charge in [-0.2, -0.15) is 0 Å². The van der Waals surface area contributed by atoms with Crippen LogP contribution in [-0.4, -0.2) is 15.2 Å². The quantitative estimate of drug-likeness (QED) is 0.895. The average Bonchev–Trinajstić information content (AvgIpc) is 2.48. The number of benzene rings is 1. The van der Waals surface area contributed by atoms with E-state index in [1.54, 1.807) is 0 Å². The molecule has 2 nitrogen and oxygen atoms in total. The van der Waals surface area contributed by atoms with Gasteiger partial charge in [0, 0.05) is 27.8 Å². The van der Waals surface area contributed by atoms with Gasteiger partial charge in [-0.1, -0.05) is 57.4 Å². The third-order valence-electron chi connectivity index (χ3n) is 4.30. The fraction of sp³-hybridized carbons (Fsp3) is 0.647. The lowest BCUT2D eigenvalue weighted by Gasteiger charge is -2.22. The number of hydrogen-bond donors (Lipinski definition) is 1. The molecule has 0 aliphatic heterocycles. The highest BCUT2D eigenvalue weighted by atomic mass is 32.2. The first-order valence-electron chi connectivity index (χ1n) is 7.80. The molecule has 1 aromatic rings. The lowest BCUT2D eigenvalue weighted by molar-refractivity contribution is 0.503. The molecule has 0 spiro atoms. The maximum atomic E-state index is 12.4. The van der Waals surface area contributed by atoms with E-state index < -0.39 is 10.8 Å². The summed E-state index contributed by atoms with van der Waals surface area (Å²) in [6, 6.07) is 8.38. The molecular weight excluding hydrogens is 266 g/mol. The first-order valence-corrected chi connectivity index (χ1v) is 9.18. The highest BCUT2D eigenvalue weighted by Crippen LogP contribution is 2.24. The van der Waals surface area contributed by atoms with Crippen LogP contribution >= 0.6 is 0 Å². The molecule has 1 saturated carbocycles. The Morgan fingerprint density at radius 2 is 1.65 bits per heavy atom. The Hall–Kier alpha value is -0.670. The minimum absolute atomic E-state index is 0.0982. The maximum Gasteiger partial charge on any atom is 0.0431 e. The van der Waals surface area contributed by atoms with Crippen molar-refractivity contribution in [1.29, 1.82) is 0 Å². The van der Waals surface area contributed by atoms with Gasteiger partial charge in [-0.15, -0.1) is 0 Å². The van der Waals surface area contributed by atoms with Crippen LogP contribution in [0.3, 0.4) is 0 Å². The molecule has 1 aliphatic carbocycles. The van der Waals surface area contributed by atoms with E-state index in [1.165, 1.54) is 24.8 Å². The van der Waals surface area contributed by atoms with Gasteiger partial charge in [-0.05, 0) is 29.9 Å². The monoisotopic (exact) mass is 293 g/mol. The molecule has 2 unspecified atom stereocenters. The van der Waals surface area contributed by atoms with Gasteiger partial charge in [0.25, 0.3) is 0 Å². The molecule has 0 radical (unpaired) electrons. The van der Waals surface area contributed by atoms with Crippen molar-refractivity contribution in [3.63, 3.8) is 0 Å². The molecule has 2 atom stereocenters. The number of hydrogen-bond acceptors (Lipinski definition) is 2. The molecule has 0 bridgehead atoms. The van der Waals surface area contributed by atoms with Crippen molar-refractivity contribution in [1.82, 2.24) is 0 Å². The second kappa shape index (κ2) is 7.37. The summed E-state index contributed by atoms with van der Waals surface area (Å²) in [7, 11) is -0.776. The van der Waals surface area contributed by atoms with Gasteiger partial charge in [0.15, 0.2) is 0 Å². The Balaban J connectivity index is 1.93. The van der Waals surface area contributed by atoms with E-state index in [0.29, 0.717) is 16.9 Å². The summed E-state index contributed by atoms with van der Waals surface area (Å²) in [5.74, 6) is 1.14. The van der Waals surface area contributed by atoms with Crippen LogP contribution < -0.4 is 5.73 Å². The average molecular weight is 293 g/mol. The maximum absolute atomic E-state index is 12.4. The highest BCUT2D eigenvalue weighted by molar-refractivity contribution is 7.85. The van der Waals surface area contributed by atoms with Crippen molar-refractivity contribution in [2.75, 3.05) is 5.75 Å². The number of nitrogens with two attached hydrogens (primary N) is 1. The zero-order valence-corrected chi connectivity index (χ0v) is 13.5. The van der Waals surface area contributed by atoms with Crippen molar-refractivity contribution >= 4 is 10.8 Å². The largest absolute Gasteiger partial charge is 0.323 e. The fourth-order valence-electron chi connectivity index (χ4n) is 2.87. The van der Waals surface area contributed by atoms with Crippen molar-refractivity contribution in [2.24, 2.45) is 5.73 Å². The highest BCUT2D eigenvalue weighted by Gasteiger charge is 2.22. The summed E-state index contributed by atoms with van der Waals surface area (Å²) in [6.45, 7) is 4.38. The third kappa shape index (κ3) is 4.16. The molecule has 0 amide bonds. The summed E-state index contributed by atoms with van der Waals surface area (Å²) in [6.07, 6.45) is 6.00. The van der Waals surface area contributed by atoms with Gasteiger partial charge in [-0.25, -0.2) is 0 Å². The molecule has 3 heteroatoms. The minimum Gasteiger partial charge on any atom is -0.323 e. The molecule has 1 aliphatic rings. The van der Waals surface area contributed by atoms with Crippen molar-refractivity contribution in [3.8, 4) is 0 Å². The van der Waals surface area contributed by atoms with Gasteiger partial charge >= 0.3 is 0 Å². The SMILES string of the molecule is CC(C)c1ccc(C(N)CS(=O)C2CCCCC2)cc1. The lowest BCUT2D eigenvalue weighted by atomic mass is 10.00. The topological polar surface area (TPSA) is 43.1 Å². The van der Waals surface area contributed by atoms with Gasteiger partial charge in [-0.3, -0.25) is 4.21 Å². The molecular formula is C17H27NOS. The van der Waals surface area contributed by atoms with Crippen LogP contribution in [0.1, 0.15) is 69.0 Å². The van der Waals surface area contributed by atoms with Crippen molar-refractivity contribution in [3.05, 3.63) is 35.4 Å². The van der Waals surface area contributed by atoms with E-state index in [0.717, 1.165) is 18.4 Å². The molecule has 20 heavy (non-hydrogen) atoms. The normalized spacial score (nSPS) is 20.0. The first-order chi connectivity index (χ1) is 9.58. The summed E-state index contributed by atoms with van der Waals surface area (Å²) in [4.78, 5) is 0. The van der Waals surface area contributed by atoms with E-state index in [4.69, 9.17) is 5.73 Å². The first kappa shape index (κ1) is 15.7. The van der Waals surface area contributed by atoms with E-state index in [2.05, 4.69) is 38.1 Å². The van der Waals surface area contributed by atoms with Crippen molar-refractivity contribution < 1.29 is 4.21 Å². The van der Waals surface area contributed by atoms with Crippen LogP contribution in [0.25, 0.3) is 0 Å². The van der Waals surface area contributed by atoms with Crippen LogP contribution in [0.5, 0.6) is 0 Å². The van der Waals surface area contributed by atoms with Gasteiger partial charge in [0.2, 0.25) is 0 Å². The lowest BCUT2D eigenvalue weighted by Crippen LogP contribution is -2.26. The standard InChI is InChI=1S/C17H27NOS/c1-13(2)14-8-10-15(11-9-14)17(18)12-20(19)16-6-4-3-5-7-16/h8-11,13,16-17H,3-7,12,18H2,1-2H3. The third-order valence-corrected chi connectivity index (χ3v) is 6.20. The van der Waals surface area contributed by atoms with Crippen LogP contribution in [0.4, 0.5) is 0 Å². The van der Waals surface area contributed by atoms with Crippen molar-refractivity contribution in [2.45, 2.75) is 63.2 Å².